The fraction of sp³-hybridized carbons (Fsp3) is 0.320. The molecule has 11 heteroatoms. The Morgan fingerprint density at radius 3 is 2.58 bits per heavy atom. The minimum Gasteiger partial charge on any atom is -0.367 e. The van der Waals surface area contributed by atoms with Crippen molar-refractivity contribution in [3.05, 3.63) is 66.0 Å². The van der Waals surface area contributed by atoms with E-state index in [9.17, 15) is 23.5 Å². The van der Waals surface area contributed by atoms with Crippen LogP contribution in [-0.4, -0.2) is 50.2 Å². The van der Waals surface area contributed by atoms with E-state index < -0.39 is 29.8 Å². The molecule has 2 heterocycles. The van der Waals surface area contributed by atoms with E-state index in [-0.39, 0.29) is 18.9 Å². The number of aromatic nitrogens is 2. The van der Waals surface area contributed by atoms with Gasteiger partial charge in [-0.1, -0.05) is 19.1 Å². The number of amides is 2. The normalized spacial score (nSPS) is 14.6. The maximum atomic E-state index is 14.0. The molecule has 36 heavy (non-hydrogen) atoms. The number of benzene rings is 2. The maximum Gasteiger partial charge on any atom is 0.270 e. The Bertz CT molecular complexity index is 1260. The molecule has 2 aromatic carbocycles. The van der Waals surface area contributed by atoms with E-state index in [1.54, 1.807) is 24.3 Å². The van der Waals surface area contributed by atoms with Crippen LogP contribution in [0.3, 0.4) is 0 Å². The number of aliphatic hydroxyl groups is 1. The summed E-state index contributed by atoms with van der Waals surface area (Å²) in [4.78, 5) is 31.0. The highest BCUT2D eigenvalue weighted by molar-refractivity contribution is 5.90. The minimum atomic E-state index is -2.37. The first-order chi connectivity index (χ1) is 17.2. The highest BCUT2D eigenvalue weighted by Crippen LogP contribution is 2.34. The molecule has 3 aromatic rings. The average molecular weight is 499 g/mol. The molecule has 9 nitrogen and oxygen atoms in total. The molecule has 1 aromatic heterocycles. The molecular weight excluding hydrogens is 470 g/mol. The highest BCUT2D eigenvalue weighted by atomic mass is 19.1. The van der Waals surface area contributed by atoms with Crippen molar-refractivity contribution in [2.24, 2.45) is 5.73 Å². The Morgan fingerprint density at radius 2 is 1.89 bits per heavy atom. The number of fused-ring (bicyclic) bond motifs is 1. The summed E-state index contributed by atoms with van der Waals surface area (Å²) in [5.74, 6) is -1.09. The van der Waals surface area contributed by atoms with Gasteiger partial charge in [0.15, 0.2) is 0 Å². The lowest BCUT2D eigenvalue weighted by molar-refractivity contribution is -0.156. The van der Waals surface area contributed by atoms with Crippen molar-refractivity contribution < 1.29 is 23.5 Å². The predicted octanol–water partition coefficient (Wildman–Crippen LogP) is 2.48. The number of hydrogen-bond acceptors (Lipinski definition) is 6. The number of carbonyl (C=O) groups excluding carboxylic acids is 2. The molecule has 5 N–H and O–H groups in total. The zero-order chi connectivity index (χ0) is 25.9. The molecule has 0 fully saturated rings. The van der Waals surface area contributed by atoms with Crippen LogP contribution in [0.2, 0.25) is 0 Å². The first kappa shape index (κ1) is 25.3. The summed E-state index contributed by atoms with van der Waals surface area (Å²) in [7, 11) is 0. The minimum absolute atomic E-state index is 0.0162. The van der Waals surface area contributed by atoms with Gasteiger partial charge in [-0.3, -0.25) is 15.3 Å². The number of nitrogens with zero attached hydrogens (tertiary/aromatic N) is 3. The summed E-state index contributed by atoms with van der Waals surface area (Å²) in [5, 5.41) is 16.4. The first-order valence-corrected chi connectivity index (χ1v) is 11.6. The van der Waals surface area contributed by atoms with Crippen molar-refractivity contribution in [2.75, 3.05) is 18.4 Å². The van der Waals surface area contributed by atoms with Crippen molar-refractivity contribution in [3.63, 3.8) is 0 Å². The molecule has 2 amide bonds. The van der Waals surface area contributed by atoms with Gasteiger partial charge in [-0.15, -0.1) is 0 Å². The number of halogens is 2. The number of hydrogen-bond donors (Lipinski definition) is 4. The van der Waals surface area contributed by atoms with Crippen LogP contribution in [0.25, 0.3) is 11.3 Å². The molecule has 1 aliphatic rings. The maximum absolute atomic E-state index is 14.0. The number of imidazole rings is 1. The molecule has 0 aliphatic carbocycles. The fourth-order valence-corrected chi connectivity index (χ4v) is 4.06. The van der Waals surface area contributed by atoms with Gasteiger partial charge >= 0.3 is 0 Å². The van der Waals surface area contributed by atoms with E-state index in [1.165, 1.54) is 29.2 Å². The summed E-state index contributed by atoms with van der Waals surface area (Å²) < 4.78 is 29.2. The number of nitrogens with one attached hydrogen (secondary N) is 2. The largest absolute Gasteiger partial charge is 0.367 e. The lowest BCUT2D eigenvalue weighted by Crippen LogP contribution is -2.58. The van der Waals surface area contributed by atoms with Gasteiger partial charge in [-0.05, 0) is 42.8 Å². The average Bonchev–Trinajstić information content (AvgIpc) is 3.21. The van der Waals surface area contributed by atoms with Crippen LogP contribution in [-0.2, 0) is 22.7 Å². The second kappa shape index (κ2) is 10.4. The molecule has 1 atom stereocenters. The molecule has 0 radical (unpaired) electrons. The van der Waals surface area contributed by atoms with Crippen molar-refractivity contribution in [3.8, 4) is 11.3 Å². The highest BCUT2D eigenvalue weighted by Gasteiger charge is 2.39. The first-order valence-electron chi connectivity index (χ1n) is 11.6. The van der Waals surface area contributed by atoms with E-state index in [1.807, 2.05) is 11.5 Å². The quantitative estimate of drug-likeness (QED) is 0.354. The van der Waals surface area contributed by atoms with Gasteiger partial charge in [0.05, 0.1) is 13.0 Å². The Morgan fingerprint density at radius 1 is 1.14 bits per heavy atom. The summed E-state index contributed by atoms with van der Waals surface area (Å²) in [6, 6.07) is 11.7. The van der Waals surface area contributed by atoms with Crippen molar-refractivity contribution in [2.45, 2.75) is 38.6 Å². The Labute approximate surface area is 206 Å². The van der Waals surface area contributed by atoms with Crippen LogP contribution >= 0.6 is 0 Å². The van der Waals surface area contributed by atoms with Gasteiger partial charge in [0, 0.05) is 30.9 Å². The molecule has 0 spiro atoms. The lowest BCUT2D eigenvalue weighted by atomic mass is 10.1. The molecular formula is C25H28F2N6O3. The smallest absolute Gasteiger partial charge is 0.270 e. The van der Waals surface area contributed by atoms with Crippen LogP contribution in [0.15, 0.2) is 48.5 Å². The summed E-state index contributed by atoms with van der Waals surface area (Å²) in [6.07, 6.45) is 0.141. The van der Waals surface area contributed by atoms with Gasteiger partial charge < -0.3 is 25.2 Å². The van der Waals surface area contributed by atoms with Crippen LogP contribution in [0, 0.1) is 11.6 Å². The summed E-state index contributed by atoms with van der Waals surface area (Å²) >= 11 is 0. The standard InChI is InChI=1S/C25H28F2N6O3/c1-2-10-29-21(34)14-25(28,36)24(35)32-11-12-33-20(15-32)31-22(16-4-3-5-18(27)13-16)23(33)30-19-8-6-17(26)7-9-19/h3-9,13,30,36H,2,10-12,14-15,28H2,1H3,(H,29,34)/t25-/m0/s1. The second-order valence-electron chi connectivity index (χ2n) is 8.70. The second-order valence-corrected chi connectivity index (χ2v) is 8.70. The SMILES string of the molecule is CCCNC(=O)C[C@](N)(O)C(=O)N1CCn2c(nc(-c3cccc(F)c3)c2Nc2ccc(F)cc2)C1. The van der Waals surface area contributed by atoms with Gasteiger partial charge in [-0.2, -0.15) is 0 Å². The van der Waals surface area contributed by atoms with Gasteiger partial charge in [-0.25, -0.2) is 13.8 Å². The Hall–Kier alpha value is -3.83. The van der Waals surface area contributed by atoms with E-state index in [2.05, 4.69) is 15.6 Å². The van der Waals surface area contributed by atoms with Gasteiger partial charge in [0.1, 0.15) is 29.0 Å². The lowest BCUT2D eigenvalue weighted by Gasteiger charge is -2.33. The Balaban J connectivity index is 1.62. The van der Waals surface area contributed by atoms with Gasteiger partial charge in [0.25, 0.3) is 5.91 Å². The van der Waals surface area contributed by atoms with Crippen molar-refractivity contribution in [1.29, 1.82) is 0 Å². The number of nitrogens with two attached hydrogens (primary N) is 1. The predicted molar refractivity (Wildman–Crippen MR) is 130 cm³/mol. The number of carbonyl (C=O) groups is 2. The molecule has 190 valence electrons. The topological polar surface area (TPSA) is 126 Å². The van der Waals surface area contributed by atoms with Gasteiger partial charge in [0.2, 0.25) is 11.6 Å². The number of rotatable bonds is 8. The summed E-state index contributed by atoms with van der Waals surface area (Å²) in [6.45, 7) is 2.80. The molecule has 4 rings (SSSR count). The Kier molecular flexibility index (Phi) is 7.32. The third kappa shape index (κ3) is 5.52. The van der Waals surface area contributed by atoms with Crippen LogP contribution in [0.4, 0.5) is 20.3 Å². The molecule has 0 saturated carbocycles. The van der Waals surface area contributed by atoms with Crippen LogP contribution < -0.4 is 16.4 Å². The van der Waals surface area contributed by atoms with Crippen molar-refractivity contribution in [1.82, 2.24) is 19.8 Å². The third-order valence-corrected chi connectivity index (χ3v) is 5.84. The van der Waals surface area contributed by atoms with E-state index in [4.69, 9.17) is 5.73 Å². The van der Waals surface area contributed by atoms with E-state index in [0.717, 1.165) is 0 Å². The fourth-order valence-electron chi connectivity index (χ4n) is 4.06. The molecule has 0 unspecified atom stereocenters. The van der Waals surface area contributed by atoms with Crippen LogP contribution in [0.5, 0.6) is 0 Å². The zero-order valence-electron chi connectivity index (χ0n) is 19.8. The number of anilines is 2. The third-order valence-electron chi connectivity index (χ3n) is 5.84. The summed E-state index contributed by atoms with van der Waals surface area (Å²) in [5.41, 5.74) is 5.03. The molecule has 0 bridgehead atoms. The molecule has 1 aliphatic heterocycles. The van der Waals surface area contributed by atoms with E-state index in [0.29, 0.717) is 48.1 Å². The van der Waals surface area contributed by atoms with Crippen molar-refractivity contribution >= 4 is 23.3 Å². The monoisotopic (exact) mass is 498 g/mol. The zero-order valence-corrected chi connectivity index (χ0v) is 19.8. The molecule has 0 saturated heterocycles. The van der Waals surface area contributed by atoms with Crippen LogP contribution in [0.1, 0.15) is 25.6 Å². The van der Waals surface area contributed by atoms with E-state index >= 15 is 0 Å².